The second-order valence-corrected chi connectivity index (χ2v) is 6.52. The van der Waals surface area contributed by atoms with Gasteiger partial charge in [-0.15, -0.1) is 0 Å². The molecular weight excluding hydrogens is 392 g/mol. The van der Waals surface area contributed by atoms with E-state index in [1.807, 2.05) is 12.1 Å². The summed E-state index contributed by atoms with van der Waals surface area (Å²) in [6.07, 6.45) is 5.05. The van der Waals surface area contributed by atoms with Gasteiger partial charge in [-0.3, -0.25) is 24.5 Å². The largest absolute Gasteiger partial charge is 0.271 e. The number of nitro benzene ring substituents is 1. The zero-order valence-corrected chi connectivity index (χ0v) is 15.7. The van der Waals surface area contributed by atoms with Crippen molar-refractivity contribution in [2.24, 2.45) is 0 Å². The van der Waals surface area contributed by atoms with Crippen LogP contribution in [-0.4, -0.2) is 19.5 Å². The second kappa shape index (κ2) is 7.65. The third kappa shape index (κ3) is 3.63. The maximum Gasteiger partial charge on any atom is 0.271 e. The van der Waals surface area contributed by atoms with Crippen LogP contribution in [0.25, 0.3) is 28.7 Å². The molecule has 0 fully saturated rings. The highest BCUT2D eigenvalue weighted by molar-refractivity contribution is 6.32. The highest BCUT2D eigenvalue weighted by atomic mass is 35.5. The summed E-state index contributed by atoms with van der Waals surface area (Å²) in [4.78, 5) is 32.5. The summed E-state index contributed by atoms with van der Waals surface area (Å²) in [6.45, 7) is 0. The summed E-state index contributed by atoms with van der Waals surface area (Å²) < 4.78 is 1.34. The number of para-hydroxylation sites is 1. The Hall–Kier alpha value is -3.84. The van der Waals surface area contributed by atoms with E-state index in [1.54, 1.807) is 48.7 Å². The van der Waals surface area contributed by atoms with E-state index in [4.69, 9.17) is 11.6 Å². The van der Waals surface area contributed by atoms with Gasteiger partial charge in [-0.05, 0) is 42.5 Å². The number of hydrogen-bond acceptors (Lipinski definition) is 5. The van der Waals surface area contributed by atoms with E-state index in [9.17, 15) is 14.9 Å². The first-order valence-corrected chi connectivity index (χ1v) is 8.97. The van der Waals surface area contributed by atoms with Gasteiger partial charge in [0.05, 0.1) is 32.2 Å². The van der Waals surface area contributed by atoms with Crippen LogP contribution in [0.3, 0.4) is 0 Å². The molecule has 2 aromatic heterocycles. The summed E-state index contributed by atoms with van der Waals surface area (Å²) in [6, 6.07) is 16.4. The molecular formula is C21H13ClN4O3. The topological polar surface area (TPSA) is 90.9 Å². The number of hydrogen-bond donors (Lipinski definition) is 0. The predicted molar refractivity (Wildman–Crippen MR) is 112 cm³/mol. The molecule has 29 heavy (non-hydrogen) atoms. The average molecular weight is 405 g/mol. The minimum Gasteiger partial charge on any atom is -0.268 e. The van der Waals surface area contributed by atoms with Crippen molar-refractivity contribution in [3.8, 4) is 5.69 Å². The lowest BCUT2D eigenvalue weighted by molar-refractivity contribution is -0.384. The van der Waals surface area contributed by atoms with E-state index >= 15 is 0 Å². The van der Waals surface area contributed by atoms with E-state index in [2.05, 4.69) is 9.97 Å². The van der Waals surface area contributed by atoms with Crippen molar-refractivity contribution in [3.05, 3.63) is 104 Å². The first kappa shape index (κ1) is 18.5. The lowest BCUT2D eigenvalue weighted by Crippen LogP contribution is -2.22. The molecule has 2 aromatic carbocycles. The van der Waals surface area contributed by atoms with E-state index in [-0.39, 0.29) is 16.3 Å². The number of nitro groups is 1. The number of halogens is 1. The van der Waals surface area contributed by atoms with Crippen LogP contribution in [0.1, 0.15) is 11.5 Å². The summed E-state index contributed by atoms with van der Waals surface area (Å²) >= 11 is 6.29. The van der Waals surface area contributed by atoms with Crippen LogP contribution in [0.2, 0.25) is 5.02 Å². The van der Waals surface area contributed by atoms with Crippen LogP contribution in [0.15, 0.2) is 71.7 Å². The average Bonchev–Trinajstić information content (AvgIpc) is 2.73. The van der Waals surface area contributed by atoms with E-state index < -0.39 is 4.92 Å². The number of benzene rings is 2. The van der Waals surface area contributed by atoms with Crippen LogP contribution in [0.5, 0.6) is 0 Å². The number of pyridine rings is 1. The molecule has 7 nitrogen and oxygen atoms in total. The zero-order chi connectivity index (χ0) is 20.4. The van der Waals surface area contributed by atoms with Crippen LogP contribution < -0.4 is 5.56 Å². The molecule has 8 heteroatoms. The summed E-state index contributed by atoms with van der Waals surface area (Å²) in [7, 11) is 0. The predicted octanol–water partition coefficient (Wildman–Crippen LogP) is 4.51. The van der Waals surface area contributed by atoms with Gasteiger partial charge in [-0.25, -0.2) is 4.98 Å². The Morgan fingerprint density at radius 3 is 2.55 bits per heavy atom. The Morgan fingerprint density at radius 2 is 1.83 bits per heavy atom. The van der Waals surface area contributed by atoms with Crippen molar-refractivity contribution in [3.63, 3.8) is 0 Å². The van der Waals surface area contributed by atoms with Gasteiger partial charge in [-0.1, -0.05) is 29.8 Å². The second-order valence-electron chi connectivity index (χ2n) is 6.11. The van der Waals surface area contributed by atoms with Crippen LogP contribution in [-0.2, 0) is 0 Å². The van der Waals surface area contributed by atoms with Crippen molar-refractivity contribution >= 4 is 40.3 Å². The van der Waals surface area contributed by atoms with Gasteiger partial charge in [-0.2, -0.15) is 0 Å². The molecule has 0 radical (unpaired) electrons. The number of fused-ring (bicyclic) bond motifs is 1. The van der Waals surface area contributed by atoms with Gasteiger partial charge < -0.3 is 0 Å². The van der Waals surface area contributed by atoms with Gasteiger partial charge in [0.2, 0.25) is 0 Å². The molecule has 0 atom stereocenters. The maximum absolute atomic E-state index is 13.2. The molecule has 4 aromatic rings. The molecule has 4 rings (SSSR count). The molecule has 0 aliphatic rings. The normalized spacial score (nSPS) is 11.2. The molecule has 0 aliphatic heterocycles. The van der Waals surface area contributed by atoms with Gasteiger partial charge in [0.15, 0.2) is 0 Å². The molecule has 0 N–H and O–H groups in total. The maximum atomic E-state index is 13.2. The van der Waals surface area contributed by atoms with Crippen LogP contribution in [0.4, 0.5) is 5.69 Å². The Kier molecular flexibility index (Phi) is 4.88. The van der Waals surface area contributed by atoms with Crippen molar-refractivity contribution in [2.45, 2.75) is 0 Å². The lowest BCUT2D eigenvalue weighted by Gasteiger charge is -2.12. The monoisotopic (exact) mass is 404 g/mol. The highest BCUT2D eigenvalue weighted by Gasteiger charge is 2.16. The Morgan fingerprint density at radius 1 is 1.03 bits per heavy atom. The standard InChI is InChI=1S/C21H13ClN4O3/c22-17-13-15(26(28)29)9-10-19(17)25-20(11-8-14-5-3-4-12-23-14)24-18-7-2-1-6-16(18)21(25)27/h1-13H/b11-8+. The van der Waals surface area contributed by atoms with Gasteiger partial charge in [0.25, 0.3) is 11.2 Å². The Labute approximate surface area is 169 Å². The molecule has 2 heterocycles. The quantitative estimate of drug-likeness (QED) is 0.368. The van der Waals surface area contributed by atoms with E-state index in [1.165, 1.54) is 22.8 Å². The molecule has 0 amide bonds. The number of non-ortho nitro benzene ring substituents is 1. The zero-order valence-electron chi connectivity index (χ0n) is 14.9. The first-order chi connectivity index (χ1) is 14.0. The minimum atomic E-state index is -0.543. The molecule has 0 saturated carbocycles. The fraction of sp³-hybridized carbons (Fsp3) is 0. The molecule has 0 unspecified atom stereocenters. The SMILES string of the molecule is O=c1c2ccccc2nc(/C=C/c2ccccn2)n1-c1ccc([N+](=O)[O-])cc1Cl. The lowest BCUT2D eigenvalue weighted by atomic mass is 10.2. The number of nitrogens with zero attached hydrogens (tertiary/aromatic N) is 4. The Balaban J connectivity index is 1.96. The third-order valence-corrected chi connectivity index (χ3v) is 4.58. The van der Waals surface area contributed by atoms with E-state index in [0.717, 1.165) is 0 Å². The molecule has 0 aliphatic carbocycles. The molecule has 0 saturated heterocycles. The fourth-order valence-electron chi connectivity index (χ4n) is 2.92. The third-order valence-electron chi connectivity index (χ3n) is 4.28. The first-order valence-electron chi connectivity index (χ1n) is 8.60. The minimum absolute atomic E-state index is 0.0749. The van der Waals surface area contributed by atoms with Crippen molar-refractivity contribution < 1.29 is 4.92 Å². The van der Waals surface area contributed by atoms with Crippen molar-refractivity contribution in [1.82, 2.24) is 14.5 Å². The summed E-state index contributed by atoms with van der Waals surface area (Å²) in [5.74, 6) is 0.329. The highest BCUT2D eigenvalue weighted by Crippen LogP contribution is 2.26. The molecule has 0 spiro atoms. The van der Waals surface area contributed by atoms with Gasteiger partial charge in [0, 0.05) is 18.3 Å². The number of aromatic nitrogens is 3. The van der Waals surface area contributed by atoms with Crippen molar-refractivity contribution in [1.29, 1.82) is 0 Å². The molecule has 0 bridgehead atoms. The van der Waals surface area contributed by atoms with Gasteiger partial charge in [0.1, 0.15) is 5.82 Å². The smallest absolute Gasteiger partial charge is 0.268 e. The molecule has 142 valence electrons. The van der Waals surface area contributed by atoms with Gasteiger partial charge >= 0.3 is 0 Å². The fourth-order valence-corrected chi connectivity index (χ4v) is 3.18. The van der Waals surface area contributed by atoms with Crippen LogP contribution >= 0.6 is 11.6 Å². The summed E-state index contributed by atoms with van der Waals surface area (Å²) in [5.41, 5.74) is 1.04. The Bertz CT molecular complexity index is 1320. The number of rotatable bonds is 4. The van der Waals surface area contributed by atoms with E-state index in [0.29, 0.717) is 28.1 Å². The van der Waals surface area contributed by atoms with Crippen LogP contribution in [0, 0.1) is 10.1 Å². The summed E-state index contributed by atoms with van der Waals surface area (Å²) in [5, 5.41) is 11.5. The van der Waals surface area contributed by atoms with Crippen molar-refractivity contribution in [2.75, 3.05) is 0 Å².